The molecule has 0 aromatic carbocycles. The van der Waals surface area contributed by atoms with Crippen molar-refractivity contribution in [2.24, 2.45) is 20.0 Å². The van der Waals surface area contributed by atoms with Crippen LogP contribution in [0.4, 0.5) is 0 Å². The van der Waals surface area contributed by atoms with Crippen molar-refractivity contribution in [1.29, 1.82) is 0 Å². The largest absolute Gasteiger partial charge is 0.237 e. The second-order valence-corrected chi connectivity index (χ2v) is 10.2. The molecule has 37 heavy (non-hydrogen) atoms. The van der Waals surface area contributed by atoms with Crippen molar-refractivity contribution < 1.29 is 19.2 Å². The van der Waals surface area contributed by atoms with Crippen LogP contribution in [0.5, 0.6) is 0 Å². The number of carbonyl (C=O) groups excluding carboxylic acids is 4. The summed E-state index contributed by atoms with van der Waals surface area (Å²) in [5.74, 6) is 2.46. The van der Waals surface area contributed by atoms with Gasteiger partial charge in [0.25, 0.3) is 0 Å². The van der Waals surface area contributed by atoms with Gasteiger partial charge in [0.05, 0.1) is 13.1 Å². The second-order valence-electron chi connectivity index (χ2n) is 8.93. The third-order valence-corrected chi connectivity index (χ3v) is 6.87. The molecule has 0 aromatic rings. The van der Waals surface area contributed by atoms with E-state index in [4.69, 9.17) is 0 Å². The summed E-state index contributed by atoms with van der Waals surface area (Å²) in [6.45, 7) is 3.48. The molecule has 9 heteroatoms. The highest BCUT2D eigenvalue weighted by Gasteiger charge is 2.03. The Balaban J connectivity index is 0. The van der Waals surface area contributed by atoms with Gasteiger partial charge in [0, 0.05) is 0 Å². The van der Waals surface area contributed by atoms with Crippen LogP contribution in [-0.4, -0.2) is 55.1 Å². The van der Waals surface area contributed by atoms with Crippen LogP contribution in [-0.2, 0) is 19.2 Å². The average Bonchev–Trinajstić information content (AvgIpc) is 2.90. The van der Waals surface area contributed by atoms with Crippen LogP contribution in [0.2, 0.25) is 0 Å². The van der Waals surface area contributed by atoms with Gasteiger partial charge in [0.2, 0.25) is 24.3 Å². The first kappa shape index (κ1) is 37.0. The summed E-state index contributed by atoms with van der Waals surface area (Å²) >= 11 is 2.02. The molecule has 0 spiro atoms. The maximum atomic E-state index is 10.1. The summed E-state index contributed by atoms with van der Waals surface area (Å²) in [4.78, 5) is 53.7. The molecule has 0 aliphatic rings. The van der Waals surface area contributed by atoms with Crippen LogP contribution in [0.15, 0.2) is 20.0 Å². The Morgan fingerprint density at radius 2 is 0.919 bits per heavy atom. The molecule has 0 heterocycles. The molecule has 0 amide bonds. The second kappa shape index (κ2) is 36.0. The Morgan fingerprint density at radius 3 is 1.35 bits per heavy atom. The molecule has 0 saturated carbocycles. The molecule has 0 aromatic heterocycles. The van der Waals surface area contributed by atoms with E-state index in [1.807, 2.05) is 11.8 Å². The topological polar surface area (TPSA) is 118 Å². The van der Waals surface area contributed by atoms with E-state index < -0.39 is 6.17 Å². The molecule has 0 rings (SSSR count). The van der Waals surface area contributed by atoms with Crippen molar-refractivity contribution in [1.82, 2.24) is 0 Å². The lowest BCUT2D eigenvalue weighted by atomic mass is 10.1. The highest BCUT2D eigenvalue weighted by Crippen LogP contribution is 2.13. The molecule has 0 aliphatic carbocycles. The van der Waals surface area contributed by atoms with Crippen molar-refractivity contribution in [3.05, 3.63) is 0 Å². The lowest BCUT2D eigenvalue weighted by Crippen LogP contribution is -1.99. The van der Waals surface area contributed by atoms with Gasteiger partial charge in [-0.3, -0.25) is 0 Å². The molecule has 0 radical (unpaired) electrons. The minimum atomic E-state index is -0.565. The monoisotopic (exact) mass is 536 g/mol. The van der Waals surface area contributed by atoms with Crippen molar-refractivity contribution in [3.63, 3.8) is 0 Å². The zero-order chi connectivity index (χ0) is 27.5. The minimum absolute atomic E-state index is 0.565. The smallest absolute Gasteiger partial charge is 0.211 e. The summed E-state index contributed by atoms with van der Waals surface area (Å²) < 4.78 is 0. The van der Waals surface area contributed by atoms with Crippen molar-refractivity contribution in [2.45, 2.75) is 129 Å². The lowest BCUT2D eigenvalue weighted by molar-refractivity contribution is 0.516. The van der Waals surface area contributed by atoms with Crippen LogP contribution >= 0.6 is 11.8 Å². The summed E-state index contributed by atoms with van der Waals surface area (Å²) in [6.07, 6.45) is 26.5. The average molecular weight is 537 g/mol. The number of nitrogens with zero attached hydrogens (tertiary/aromatic N) is 4. The molecule has 0 bridgehead atoms. The van der Waals surface area contributed by atoms with Crippen LogP contribution in [0, 0.1) is 0 Å². The number of hydrogen-bond donors (Lipinski definition) is 0. The van der Waals surface area contributed by atoms with E-state index in [0.717, 1.165) is 38.5 Å². The Morgan fingerprint density at radius 1 is 0.514 bits per heavy atom. The van der Waals surface area contributed by atoms with E-state index in [2.05, 4.69) is 26.9 Å². The molecule has 8 nitrogen and oxygen atoms in total. The third-order valence-electron chi connectivity index (χ3n) is 5.72. The quantitative estimate of drug-likeness (QED) is 0.0647. The number of unbranched alkanes of at least 4 members (excludes halogenated alkanes) is 14. The zero-order valence-electron chi connectivity index (χ0n) is 23.0. The molecule has 0 N–H and O–H groups in total. The molecule has 0 unspecified atom stereocenters. The van der Waals surface area contributed by atoms with Gasteiger partial charge in [-0.1, -0.05) is 84.0 Å². The van der Waals surface area contributed by atoms with Crippen LogP contribution in [0.1, 0.15) is 122 Å². The van der Waals surface area contributed by atoms with Crippen molar-refractivity contribution >= 4 is 36.1 Å². The van der Waals surface area contributed by atoms with E-state index in [-0.39, 0.29) is 0 Å². The predicted octanol–water partition coefficient (Wildman–Crippen LogP) is 7.42. The number of isocyanates is 4. The molecule has 0 saturated heterocycles. The maximum Gasteiger partial charge on any atom is 0.237 e. The molecule has 0 fully saturated rings. The van der Waals surface area contributed by atoms with E-state index in [1.54, 1.807) is 12.2 Å². The first-order valence-corrected chi connectivity index (χ1v) is 15.2. The van der Waals surface area contributed by atoms with E-state index in [1.165, 1.54) is 94.3 Å². The van der Waals surface area contributed by atoms with Crippen LogP contribution < -0.4 is 0 Å². The number of aliphatic imine (C=N–C) groups is 4. The first-order chi connectivity index (χ1) is 18.3. The summed E-state index contributed by atoms with van der Waals surface area (Å²) in [7, 11) is 0. The Bertz CT molecular complexity index is 636. The fraction of sp³-hybridized carbons (Fsp3) is 0.857. The Labute approximate surface area is 228 Å². The molecular formula is C28H48N4O4S. The lowest BCUT2D eigenvalue weighted by Gasteiger charge is -2.03. The highest BCUT2D eigenvalue weighted by molar-refractivity contribution is 7.99. The summed E-state index contributed by atoms with van der Waals surface area (Å²) in [5, 5.41) is 0. The van der Waals surface area contributed by atoms with E-state index in [0.29, 0.717) is 19.5 Å². The number of hydrogen-bond acceptors (Lipinski definition) is 9. The van der Waals surface area contributed by atoms with Crippen LogP contribution in [0.3, 0.4) is 0 Å². The highest BCUT2D eigenvalue weighted by atomic mass is 32.2. The molecular weight excluding hydrogens is 488 g/mol. The maximum absolute atomic E-state index is 10.1. The van der Waals surface area contributed by atoms with Gasteiger partial charge in [-0.2, -0.15) is 21.7 Å². The molecule has 0 aliphatic heterocycles. The van der Waals surface area contributed by atoms with Gasteiger partial charge in [-0.25, -0.2) is 29.2 Å². The Kier molecular flexibility index (Phi) is 36.1. The standard InChI is InChI=1S/C14H24N2O2S.C14H24N2O2/c17-13-15-9-5-1-3-7-11-19-12-8-4-2-6-10-16-14-18;1-2-3-4-5-6-7-8-9-10-11-14(15-12-17)16-13-18/h1-12H2;14H,2-11H2,1H3. The van der Waals surface area contributed by atoms with Gasteiger partial charge in [0.1, 0.15) is 0 Å². The zero-order valence-corrected chi connectivity index (χ0v) is 23.8. The van der Waals surface area contributed by atoms with Gasteiger partial charge >= 0.3 is 0 Å². The van der Waals surface area contributed by atoms with Crippen molar-refractivity contribution in [3.8, 4) is 0 Å². The number of thioether (sulfide) groups is 1. The summed E-state index contributed by atoms with van der Waals surface area (Å²) in [6, 6.07) is 0. The minimum Gasteiger partial charge on any atom is -0.211 e. The first-order valence-electron chi connectivity index (χ1n) is 14.1. The van der Waals surface area contributed by atoms with Crippen LogP contribution in [0.25, 0.3) is 0 Å². The Hall–Kier alpha value is -2.13. The fourth-order valence-corrected chi connectivity index (χ4v) is 4.63. The van der Waals surface area contributed by atoms with Gasteiger partial charge in [-0.05, 0) is 50.0 Å². The molecule has 210 valence electrons. The van der Waals surface area contributed by atoms with E-state index in [9.17, 15) is 19.2 Å². The number of rotatable bonds is 26. The van der Waals surface area contributed by atoms with Gasteiger partial charge < -0.3 is 0 Å². The van der Waals surface area contributed by atoms with E-state index >= 15 is 0 Å². The van der Waals surface area contributed by atoms with Crippen molar-refractivity contribution in [2.75, 3.05) is 24.6 Å². The van der Waals surface area contributed by atoms with Gasteiger partial charge in [-0.15, -0.1) is 0 Å². The fourth-order valence-electron chi connectivity index (χ4n) is 3.61. The summed E-state index contributed by atoms with van der Waals surface area (Å²) in [5.41, 5.74) is 0. The predicted molar refractivity (Wildman–Crippen MR) is 152 cm³/mol. The SMILES string of the molecule is CCCCCCCCCCCC(N=C=O)N=C=O.O=C=NCCCCCCSCCCCCCN=C=O. The molecule has 0 atom stereocenters. The van der Waals surface area contributed by atoms with Gasteiger partial charge in [0.15, 0.2) is 6.17 Å². The third kappa shape index (κ3) is 36.1. The normalized spacial score (nSPS) is 10.5.